The van der Waals surface area contributed by atoms with Crippen molar-refractivity contribution in [3.05, 3.63) is 66.0 Å². The van der Waals surface area contributed by atoms with Crippen molar-refractivity contribution in [1.29, 1.82) is 0 Å². The topological polar surface area (TPSA) is 105 Å². The van der Waals surface area contributed by atoms with Crippen molar-refractivity contribution < 1.29 is 23.4 Å². The van der Waals surface area contributed by atoms with Crippen LogP contribution in [0.3, 0.4) is 0 Å². The number of nitrogens with zero attached hydrogens (tertiary/aromatic N) is 3. The first-order chi connectivity index (χ1) is 15.5. The van der Waals surface area contributed by atoms with Gasteiger partial charge in [-0.1, -0.05) is 24.3 Å². The van der Waals surface area contributed by atoms with E-state index in [1.807, 2.05) is 55.5 Å². The smallest absolute Gasteiger partial charge is 0.325 e. The number of fused-ring (bicyclic) bond motifs is 1. The first-order valence-corrected chi connectivity index (χ1v) is 11.5. The molecule has 1 aromatic heterocycles. The standard InChI is InChI=1S/C23H25N3O5S/c1-2-31-19-12-8-17(9-13-19)16-6-10-18(11-7-16)26(32(29)30)22-5-3-4-21-20(22)14-24-25(21)15-23(27)28/h6-14,22H,2-5,15H2,1H3,(H,27,28)(H,29,30). The summed E-state index contributed by atoms with van der Waals surface area (Å²) in [7, 11) is 0. The second kappa shape index (κ2) is 9.54. The Morgan fingerprint density at radius 1 is 1.19 bits per heavy atom. The summed E-state index contributed by atoms with van der Waals surface area (Å²) in [6.45, 7) is 2.33. The molecule has 9 heteroatoms. The van der Waals surface area contributed by atoms with Gasteiger partial charge >= 0.3 is 5.97 Å². The number of aromatic nitrogens is 2. The summed E-state index contributed by atoms with van der Waals surface area (Å²) in [6, 6.07) is 14.9. The van der Waals surface area contributed by atoms with Crippen LogP contribution in [0.25, 0.3) is 11.1 Å². The maximum Gasteiger partial charge on any atom is 0.325 e. The Balaban J connectivity index is 1.61. The molecule has 0 amide bonds. The second-order valence-electron chi connectivity index (χ2n) is 7.57. The van der Waals surface area contributed by atoms with Gasteiger partial charge in [0.15, 0.2) is 0 Å². The predicted octanol–water partition coefficient (Wildman–Crippen LogP) is 4.05. The van der Waals surface area contributed by atoms with Gasteiger partial charge in [0.25, 0.3) is 11.3 Å². The fraction of sp³-hybridized carbons (Fsp3) is 0.304. The summed E-state index contributed by atoms with van der Waals surface area (Å²) in [5, 5.41) is 13.3. The SMILES string of the molecule is CCOc1ccc(-c2ccc(N(C3CCCc4c3cnn4CC(=O)O)S(=O)O)cc2)cc1. The number of carbonyl (C=O) groups is 1. The zero-order valence-corrected chi connectivity index (χ0v) is 18.5. The monoisotopic (exact) mass is 455 g/mol. The molecule has 2 unspecified atom stereocenters. The van der Waals surface area contributed by atoms with Crippen molar-refractivity contribution in [2.75, 3.05) is 10.9 Å². The third kappa shape index (κ3) is 4.53. The summed E-state index contributed by atoms with van der Waals surface area (Å²) in [6.07, 6.45) is 3.78. The van der Waals surface area contributed by atoms with E-state index >= 15 is 0 Å². The largest absolute Gasteiger partial charge is 0.494 e. The van der Waals surface area contributed by atoms with Crippen molar-refractivity contribution in [2.45, 2.75) is 38.8 Å². The average molecular weight is 456 g/mol. The van der Waals surface area contributed by atoms with Crippen LogP contribution < -0.4 is 9.04 Å². The quantitative estimate of drug-likeness (QED) is 0.497. The lowest BCUT2D eigenvalue weighted by molar-refractivity contribution is -0.137. The van der Waals surface area contributed by atoms with Crippen LogP contribution >= 0.6 is 0 Å². The maximum atomic E-state index is 12.3. The number of anilines is 1. The van der Waals surface area contributed by atoms with Gasteiger partial charge in [0.1, 0.15) is 12.3 Å². The lowest BCUT2D eigenvalue weighted by Gasteiger charge is -2.33. The highest BCUT2D eigenvalue weighted by Gasteiger charge is 2.32. The number of carboxylic acid groups (broad SMARTS) is 1. The predicted molar refractivity (Wildman–Crippen MR) is 122 cm³/mol. The molecule has 2 atom stereocenters. The summed E-state index contributed by atoms with van der Waals surface area (Å²) in [5.41, 5.74) is 4.23. The van der Waals surface area contributed by atoms with Gasteiger partial charge in [0.2, 0.25) is 0 Å². The van der Waals surface area contributed by atoms with Gasteiger partial charge in [0, 0.05) is 11.3 Å². The van der Waals surface area contributed by atoms with Crippen molar-refractivity contribution in [3.63, 3.8) is 0 Å². The molecule has 4 rings (SSSR count). The van der Waals surface area contributed by atoms with Gasteiger partial charge in [-0.2, -0.15) is 5.10 Å². The lowest BCUT2D eigenvalue weighted by Crippen LogP contribution is -2.33. The van der Waals surface area contributed by atoms with Crippen molar-refractivity contribution >= 4 is 22.9 Å². The van der Waals surface area contributed by atoms with Crippen molar-refractivity contribution in [2.24, 2.45) is 0 Å². The minimum atomic E-state index is -2.25. The van der Waals surface area contributed by atoms with Crippen LogP contribution in [0.5, 0.6) is 5.75 Å². The molecule has 32 heavy (non-hydrogen) atoms. The van der Waals surface area contributed by atoms with E-state index in [2.05, 4.69) is 5.10 Å². The van der Waals surface area contributed by atoms with E-state index in [4.69, 9.17) is 9.84 Å². The molecule has 0 saturated carbocycles. The maximum absolute atomic E-state index is 12.3. The Labute approximate surface area is 188 Å². The molecule has 0 radical (unpaired) electrons. The molecule has 8 nitrogen and oxygen atoms in total. The molecule has 0 bridgehead atoms. The molecule has 1 heterocycles. The third-order valence-corrected chi connectivity index (χ3v) is 6.39. The molecule has 2 N–H and O–H groups in total. The molecule has 0 saturated heterocycles. The number of rotatable bonds is 8. The second-order valence-corrected chi connectivity index (χ2v) is 8.42. The summed E-state index contributed by atoms with van der Waals surface area (Å²) >= 11 is -2.25. The lowest BCUT2D eigenvalue weighted by atomic mass is 9.92. The number of benzene rings is 2. The molecule has 0 aliphatic heterocycles. The molecular formula is C23H25N3O5S. The summed E-state index contributed by atoms with van der Waals surface area (Å²) in [4.78, 5) is 11.1. The Kier molecular flexibility index (Phi) is 6.57. The summed E-state index contributed by atoms with van der Waals surface area (Å²) < 4.78 is 30.9. The number of aliphatic carboxylic acids is 1. The summed E-state index contributed by atoms with van der Waals surface area (Å²) in [5.74, 6) is -0.156. The Morgan fingerprint density at radius 2 is 1.84 bits per heavy atom. The van der Waals surface area contributed by atoms with E-state index in [9.17, 15) is 13.6 Å². The van der Waals surface area contributed by atoms with Crippen molar-refractivity contribution in [1.82, 2.24) is 9.78 Å². The van der Waals surface area contributed by atoms with Crippen molar-refractivity contribution in [3.8, 4) is 16.9 Å². The fourth-order valence-corrected chi connectivity index (χ4v) is 4.93. The van der Waals surface area contributed by atoms with E-state index in [0.29, 0.717) is 25.1 Å². The Hall–Kier alpha value is -3.17. The highest BCUT2D eigenvalue weighted by molar-refractivity contribution is 7.80. The highest BCUT2D eigenvalue weighted by atomic mass is 32.2. The van der Waals surface area contributed by atoms with Gasteiger partial charge in [-0.3, -0.25) is 18.3 Å². The van der Waals surface area contributed by atoms with Gasteiger partial charge in [-0.05, 0) is 61.6 Å². The van der Waals surface area contributed by atoms with Gasteiger partial charge in [-0.15, -0.1) is 0 Å². The van der Waals surface area contributed by atoms with Crippen LogP contribution in [-0.2, 0) is 29.0 Å². The number of hydrogen-bond donors (Lipinski definition) is 2. The molecule has 3 aromatic rings. The molecule has 1 aliphatic rings. The Bertz CT molecular complexity index is 1110. The fourth-order valence-electron chi connectivity index (χ4n) is 4.19. The number of carboxylic acids is 1. The van der Waals surface area contributed by atoms with E-state index in [1.54, 1.807) is 6.20 Å². The van der Waals surface area contributed by atoms with Gasteiger partial charge < -0.3 is 9.84 Å². The van der Waals surface area contributed by atoms with Crippen LogP contribution in [0.15, 0.2) is 54.7 Å². The molecule has 0 fully saturated rings. The molecule has 2 aromatic carbocycles. The van der Waals surface area contributed by atoms with E-state index in [0.717, 1.165) is 34.6 Å². The third-order valence-electron chi connectivity index (χ3n) is 5.59. The van der Waals surface area contributed by atoms with Crippen LogP contribution in [0.1, 0.15) is 37.1 Å². The molecule has 168 valence electrons. The molecule has 1 aliphatic carbocycles. The zero-order chi connectivity index (χ0) is 22.7. The van der Waals surface area contributed by atoms with E-state index in [1.165, 1.54) is 8.99 Å². The van der Waals surface area contributed by atoms with E-state index < -0.39 is 17.2 Å². The van der Waals surface area contributed by atoms with Crippen LogP contribution in [-0.4, -0.2) is 36.2 Å². The average Bonchev–Trinajstić information content (AvgIpc) is 3.18. The Morgan fingerprint density at radius 3 is 2.44 bits per heavy atom. The first kappa shape index (κ1) is 22.0. The minimum absolute atomic E-state index is 0.221. The zero-order valence-electron chi connectivity index (χ0n) is 17.7. The van der Waals surface area contributed by atoms with Crippen LogP contribution in [0, 0.1) is 0 Å². The normalized spacial score (nSPS) is 16.2. The molecule has 0 spiro atoms. The molecular weight excluding hydrogens is 430 g/mol. The van der Waals surface area contributed by atoms with Crippen LogP contribution in [0.4, 0.5) is 5.69 Å². The van der Waals surface area contributed by atoms with Gasteiger partial charge in [0.05, 0.1) is 24.5 Å². The minimum Gasteiger partial charge on any atom is -0.494 e. The highest BCUT2D eigenvalue weighted by Crippen LogP contribution is 2.38. The van der Waals surface area contributed by atoms with Crippen LogP contribution in [0.2, 0.25) is 0 Å². The van der Waals surface area contributed by atoms with Gasteiger partial charge in [-0.25, -0.2) is 4.21 Å². The van der Waals surface area contributed by atoms with E-state index in [-0.39, 0.29) is 12.6 Å². The first-order valence-electron chi connectivity index (χ1n) is 10.5. The number of ether oxygens (including phenoxy) is 1. The number of hydrogen-bond acceptors (Lipinski definition) is 4.